The van der Waals surface area contributed by atoms with Gasteiger partial charge in [0.2, 0.25) is 4.77 Å². The molecule has 0 N–H and O–H groups in total. The number of fused-ring (bicyclic) bond motifs is 1. The first-order valence-corrected chi connectivity index (χ1v) is 10.6. The van der Waals surface area contributed by atoms with Gasteiger partial charge in [0.05, 0.1) is 18.5 Å². The minimum atomic E-state index is 0.678. The van der Waals surface area contributed by atoms with Crippen LogP contribution in [0.2, 0.25) is 0 Å². The van der Waals surface area contributed by atoms with Gasteiger partial charge >= 0.3 is 0 Å². The molecule has 0 amide bonds. The molecule has 0 saturated carbocycles. The number of aryl methyl sites for hydroxylation is 1. The summed E-state index contributed by atoms with van der Waals surface area (Å²) in [6, 6.07) is 14.3. The van der Waals surface area contributed by atoms with Gasteiger partial charge in [-0.1, -0.05) is 18.2 Å². The van der Waals surface area contributed by atoms with Crippen LogP contribution in [0.1, 0.15) is 16.2 Å². The van der Waals surface area contributed by atoms with Crippen molar-refractivity contribution in [3.8, 4) is 17.1 Å². The Balaban J connectivity index is 1.56. The molecule has 7 heteroatoms. The first kappa shape index (κ1) is 17.6. The number of hydrogen-bond acceptors (Lipinski definition) is 5. The molecule has 28 heavy (non-hydrogen) atoms. The average molecular weight is 409 g/mol. The first-order valence-electron chi connectivity index (χ1n) is 9.28. The number of benzene rings is 1. The third-order valence-electron chi connectivity index (χ3n) is 5.17. The lowest BCUT2D eigenvalue weighted by Crippen LogP contribution is -2.32. The maximum absolute atomic E-state index is 5.85. The largest absolute Gasteiger partial charge is 0.469 e. The number of thiophene rings is 1. The molecule has 0 atom stereocenters. The SMILES string of the molecule is Cc1occc1-c1nn(CN2CCc3sccc3C2)c(=S)n1-c1ccccc1. The molecule has 4 aromatic rings. The third kappa shape index (κ3) is 3.05. The molecule has 0 unspecified atom stereocenters. The molecule has 3 aromatic heterocycles. The molecule has 1 aromatic carbocycles. The maximum atomic E-state index is 5.85. The number of para-hydroxylation sites is 1. The molecular formula is C21H20N4OS2. The quantitative estimate of drug-likeness (QED) is 0.443. The van der Waals surface area contributed by atoms with Gasteiger partial charge in [0.25, 0.3) is 0 Å². The van der Waals surface area contributed by atoms with Crippen molar-refractivity contribution in [1.82, 2.24) is 19.2 Å². The summed E-state index contributed by atoms with van der Waals surface area (Å²) in [7, 11) is 0. The molecule has 4 heterocycles. The number of furan rings is 1. The predicted octanol–water partition coefficient (Wildman–Crippen LogP) is 5.05. The summed E-state index contributed by atoms with van der Waals surface area (Å²) >= 11 is 7.71. The van der Waals surface area contributed by atoms with E-state index in [9.17, 15) is 0 Å². The van der Waals surface area contributed by atoms with Crippen molar-refractivity contribution in [2.45, 2.75) is 26.6 Å². The van der Waals surface area contributed by atoms with Crippen molar-refractivity contribution in [3.05, 3.63) is 75.1 Å². The second kappa shape index (κ2) is 7.16. The third-order valence-corrected chi connectivity index (χ3v) is 6.59. The molecule has 142 valence electrons. The van der Waals surface area contributed by atoms with Crippen LogP contribution in [0.15, 0.2) is 58.5 Å². The lowest BCUT2D eigenvalue weighted by Gasteiger charge is -2.26. The molecule has 0 radical (unpaired) electrons. The highest BCUT2D eigenvalue weighted by atomic mass is 32.1. The van der Waals surface area contributed by atoms with E-state index in [2.05, 4.69) is 28.5 Å². The molecule has 5 rings (SSSR count). The molecular weight excluding hydrogens is 388 g/mol. The van der Waals surface area contributed by atoms with Gasteiger partial charge in [-0.3, -0.25) is 9.47 Å². The summed E-state index contributed by atoms with van der Waals surface area (Å²) in [5, 5.41) is 7.09. The zero-order chi connectivity index (χ0) is 19.1. The Morgan fingerprint density at radius 2 is 2.04 bits per heavy atom. The number of rotatable bonds is 4. The maximum Gasteiger partial charge on any atom is 0.204 e. The van der Waals surface area contributed by atoms with Crippen molar-refractivity contribution in [1.29, 1.82) is 0 Å². The summed E-state index contributed by atoms with van der Waals surface area (Å²) in [6.07, 6.45) is 2.79. The normalized spacial score (nSPS) is 14.3. The van der Waals surface area contributed by atoms with E-state index in [1.165, 1.54) is 10.4 Å². The van der Waals surface area contributed by atoms with Gasteiger partial charge in [0.1, 0.15) is 5.76 Å². The van der Waals surface area contributed by atoms with Crippen LogP contribution in [0.3, 0.4) is 0 Å². The Hall–Kier alpha value is -2.48. The van der Waals surface area contributed by atoms with E-state index in [4.69, 9.17) is 21.7 Å². The van der Waals surface area contributed by atoms with Crippen molar-refractivity contribution >= 4 is 23.6 Å². The van der Waals surface area contributed by atoms with Crippen LogP contribution in [0.25, 0.3) is 17.1 Å². The fourth-order valence-corrected chi connectivity index (χ4v) is 4.90. The van der Waals surface area contributed by atoms with Gasteiger partial charge in [0.15, 0.2) is 5.82 Å². The van der Waals surface area contributed by atoms with Crippen LogP contribution < -0.4 is 0 Å². The van der Waals surface area contributed by atoms with E-state index >= 15 is 0 Å². The van der Waals surface area contributed by atoms with Crippen LogP contribution in [-0.4, -0.2) is 25.8 Å². The second-order valence-corrected chi connectivity index (χ2v) is 8.35. The smallest absolute Gasteiger partial charge is 0.204 e. The van der Waals surface area contributed by atoms with Crippen LogP contribution in [0, 0.1) is 11.7 Å². The Kier molecular flexibility index (Phi) is 4.50. The van der Waals surface area contributed by atoms with Crippen LogP contribution >= 0.6 is 23.6 Å². The molecule has 0 saturated heterocycles. The fourth-order valence-electron chi connectivity index (χ4n) is 3.72. The molecule has 1 aliphatic rings. The van der Waals surface area contributed by atoms with Crippen molar-refractivity contribution in [2.75, 3.05) is 6.54 Å². The summed E-state index contributed by atoms with van der Waals surface area (Å²) in [6.45, 7) is 4.60. The lowest BCUT2D eigenvalue weighted by atomic mass is 10.1. The molecule has 0 aliphatic carbocycles. The minimum Gasteiger partial charge on any atom is -0.469 e. The van der Waals surface area contributed by atoms with Gasteiger partial charge in [0, 0.05) is 23.7 Å². The summed E-state index contributed by atoms with van der Waals surface area (Å²) in [5.74, 6) is 1.65. The molecule has 5 nitrogen and oxygen atoms in total. The van der Waals surface area contributed by atoms with Gasteiger partial charge in [-0.25, -0.2) is 4.68 Å². The van der Waals surface area contributed by atoms with Gasteiger partial charge in [-0.2, -0.15) is 0 Å². The Morgan fingerprint density at radius 3 is 2.82 bits per heavy atom. The topological polar surface area (TPSA) is 39.1 Å². The van der Waals surface area contributed by atoms with Gasteiger partial charge < -0.3 is 4.42 Å². The summed E-state index contributed by atoms with van der Waals surface area (Å²) in [4.78, 5) is 3.91. The highest BCUT2D eigenvalue weighted by Crippen LogP contribution is 2.28. The van der Waals surface area contributed by atoms with Crippen LogP contribution in [0.5, 0.6) is 0 Å². The molecule has 0 fully saturated rings. The van der Waals surface area contributed by atoms with Crippen molar-refractivity contribution in [2.24, 2.45) is 0 Å². The van der Waals surface area contributed by atoms with E-state index in [1.807, 2.05) is 51.8 Å². The minimum absolute atomic E-state index is 0.678. The van der Waals surface area contributed by atoms with Gasteiger partial charge in [-0.15, -0.1) is 16.4 Å². The van der Waals surface area contributed by atoms with Crippen molar-refractivity contribution in [3.63, 3.8) is 0 Å². The van der Waals surface area contributed by atoms with Crippen LogP contribution in [-0.2, 0) is 19.6 Å². The summed E-state index contributed by atoms with van der Waals surface area (Å²) in [5.41, 5.74) is 3.40. The number of aromatic nitrogens is 3. The molecule has 0 bridgehead atoms. The lowest BCUT2D eigenvalue weighted by molar-refractivity contribution is 0.189. The highest BCUT2D eigenvalue weighted by molar-refractivity contribution is 7.71. The van der Waals surface area contributed by atoms with E-state index in [1.54, 1.807) is 6.26 Å². The zero-order valence-electron chi connectivity index (χ0n) is 15.5. The average Bonchev–Trinajstić information content (AvgIpc) is 3.42. The predicted molar refractivity (Wildman–Crippen MR) is 113 cm³/mol. The Labute approximate surface area is 172 Å². The summed E-state index contributed by atoms with van der Waals surface area (Å²) < 4.78 is 10.2. The Bertz CT molecular complexity index is 1170. The van der Waals surface area contributed by atoms with E-state index in [0.717, 1.165) is 42.3 Å². The van der Waals surface area contributed by atoms with Crippen molar-refractivity contribution < 1.29 is 4.42 Å². The zero-order valence-corrected chi connectivity index (χ0v) is 17.2. The van der Waals surface area contributed by atoms with Crippen LogP contribution in [0.4, 0.5) is 0 Å². The highest BCUT2D eigenvalue weighted by Gasteiger charge is 2.21. The van der Waals surface area contributed by atoms with E-state index in [-0.39, 0.29) is 0 Å². The number of nitrogens with zero attached hydrogens (tertiary/aromatic N) is 4. The Morgan fingerprint density at radius 1 is 1.18 bits per heavy atom. The standard InChI is InChI=1S/C21H20N4OS2/c1-15-18(8-11-26-15)20-22-24(21(27)25(20)17-5-3-2-4-6-17)14-23-10-7-19-16(13-23)9-12-28-19/h2-6,8-9,11-12H,7,10,13-14H2,1H3. The first-order chi connectivity index (χ1) is 13.7. The second-order valence-electron chi connectivity index (χ2n) is 6.98. The van der Waals surface area contributed by atoms with Gasteiger partial charge in [-0.05, 0) is 60.8 Å². The van der Waals surface area contributed by atoms with E-state index in [0.29, 0.717) is 11.4 Å². The molecule has 0 spiro atoms. The fraction of sp³-hybridized carbons (Fsp3) is 0.238. The van der Waals surface area contributed by atoms with E-state index < -0.39 is 0 Å². The monoisotopic (exact) mass is 408 g/mol. The molecule has 1 aliphatic heterocycles. The number of hydrogen-bond donors (Lipinski definition) is 0.